The van der Waals surface area contributed by atoms with Crippen LogP contribution in [-0.2, 0) is 16.0 Å². The first-order valence-corrected chi connectivity index (χ1v) is 11.3. The maximum Gasteiger partial charge on any atom is 0.228 e. The van der Waals surface area contributed by atoms with Gasteiger partial charge in [-0.3, -0.25) is 14.7 Å². The summed E-state index contributed by atoms with van der Waals surface area (Å²) >= 11 is 0. The highest BCUT2D eigenvalue weighted by molar-refractivity contribution is 5.84. The van der Waals surface area contributed by atoms with Crippen LogP contribution in [0.5, 0.6) is 0 Å². The number of likely N-dealkylation sites (tertiary alicyclic amines) is 1. The van der Waals surface area contributed by atoms with Crippen LogP contribution < -0.4 is 5.32 Å². The summed E-state index contributed by atoms with van der Waals surface area (Å²) in [5.74, 6) is 0.178. The molecule has 1 N–H and O–H groups in total. The van der Waals surface area contributed by atoms with Crippen LogP contribution in [0.15, 0.2) is 60.4 Å². The molecule has 1 fully saturated rings. The van der Waals surface area contributed by atoms with Crippen molar-refractivity contribution in [2.45, 2.75) is 39.2 Å². The Morgan fingerprint density at radius 2 is 1.90 bits per heavy atom. The van der Waals surface area contributed by atoms with E-state index in [2.05, 4.69) is 45.5 Å². The molecule has 2 aliphatic heterocycles. The molecule has 0 saturated carbocycles. The molecule has 0 radical (unpaired) electrons. The Labute approximate surface area is 185 Å². The van der Waals surface area contributed by atoms with Crippen molar-refractivity contribution < 1.29 is 9.53 Å². The Morgan fingerprint density at radius 3 is 2.58 bits per heavy atom. The molecule has 1 aromatic heterocycles. The van der Waals surface area contributed by atoms with E-state index in [4.69, 9.17) is 4.74 Å². The minimum Gasteiger partial charge on any atom is -0.377 e. The number of carbonyl (C=O) groups excluding carboxylic acids is 1. The molecule has 3 heterocycles. The number of nitrogens with one attached hydrogen (secondary N) is 1. The van der Waals surface area contributed by atoms with Crippen LogP contribution in [0.25, 0.3) is 11.1 Å². The Hall–Kier alpha value is -2.50. The van der Waals surface area contributed by atoms with E-state index in [0.29, 0.717) is 0 Å². The third-order valence-electron chi connectivity index (χ3n) is 6.25. The molecule has 164 valence electrons. The lowest BCUT2D eigenvalue weighted by atomic mass is 9.79. The van der Waals surface area contributed by atoms with Gasteiger partial charge in [-0.05, 0) is 74.1 Å². The molecule has 1 aromatic carbocycles. The van der Waals surface area contributed by atoms with Gasteiger partial charge in [0.2, 0.25) is 5.91 Å². The number of ether oxygens (including phenoxy) is 1. The normalized spacial score (nSPS) is 21.8. The van der Waals surface area contributed by atoms with Gasteiger partial charge in [0.05, 0.1) is 18.6 Å². The molecule has 5 nitrogen and oxygen atoms in total. The lowest BCUT2D eigenvalue weighted by Crippen LogP contribution is -2.47. The van der Waals surface area contributed by atoms with E-state index in [-0.39, 0.29) is 11.9 Å². The van der Waals surface area contributed by atoms with E-state index >= 15 is 0 Å². The maximum atomic E-state index is 13.3. The third-order valence-corrected chi connectivity index (χ3v) is 6.25. The summed E-state index contributed by atoms with van der Waals surface area (Å²) in [4.78, 5) is 19.8. The number of pyridine rings is 1. The second-order valence-electron chi connectivity index (χ2n) is 9.18. The summed E-state index contributed by atoms with van der Waals surface area (Å²) in [5.41, 5.74) is 4.48. The summed E-state index contributed by atoms with van der Waals surface area (Å²) in [7, 11) is 0. The number of aromatic nitrogens is 1. The molecule has 0 aliphatic carbocycles. The molecular formula is C26H33N3O2. The van der Waals surface area contributed by atoms with Crippen LogP contribution in [0.1, 0.15) is 32.3 Å². The van der Waals surface area contributed by atoms with Gasteiger partial charge in [-0.15, -0.1) is 0 Å². The van der Waals surface area contributed by atoms with Crippen molar-refractivity contribution in [2.75, 3.05) is 32.8 Å². The van der Waals surface area contributed by atoms with Crippen LogP contribution in [0, 0.1) is 5.41 Å². The lowest BCUT2D eigenvalue weighted by Gasteiger charge is -2.30. The van der Waals surface area contributed by atoms with Crippen molar-refractivity contribution in [3.63, 3.8) is 0 Å². The molecule has 4 rings (SSSR count). The average Bonchev–Trinajstić information content (AvgIpc) is 3.19. The molecule has 0 bridgehead atoms. The quantitative estimate of drug-likeness (QED) is 0.693. The minimum atomic E-state index is -0.390. The van der Waals surface area contributed by atoms with Gasteiger partial charge in [0, 0.05) is 31.5 Å². The summed E-state index contributed by atoms with van der Waals surface area (Å²) in [5, 5.41) is 3.20. The molecule has 1 atom stereocenters. The monoisotopic (exact) mass is 419 g/mol. The third kappa shape index (κ3) is 5.41. The Kier molecular flexibility index (Phi) is 6.83. The first-order valence-electron chi connectivity index (χ1n) is 11.3. The number of carbonyl (C=O) groups is 1. The van der Waals surface area contributed by atoms with E-state index in [9.17, 15) is 4.79 Å². The molecule has 1 amide bonds. The lowest BCUT2D eigenvalue weighted by molar-refractivity contribution is -0.131. The fourth-order valence-corrected chi connectivity index (χ4v) is 4.67. The van der Waals surface area contributed by atoms with E-state index in [0.717, 1.165) is 57.7 Å². The number of hydrogen-bond donors (Lipinski definition) is 1. The Balaban J connectivity index is 1.50. The number of benzene rings is 1. The van der Waals surface area contributed by atoms with E-state index in [1.807, 2.05) is 38.4 Å². The standard InChI is InChI=1S/C26H33N3O2/c1-20(2)28-25(30)26(11-14-29(19-26)17-22-4-3-15-31-18-22)16-21-5-7-23(8-6-21)24-9-12-27-13-10-24/h4-10,12-13,20H,3,11,14-19H2,1-2H3,(H,28,30). The Bertz CT molecular complexity index is 908. The van der Waals surface area contributed by atoms with Crippen LogP contribution >= 0.6 is 0 Å². The fraction of sp³-hybridized carbons (Fsp3) is 0.462. The van der Waals surface area contributed by atoms with E-state index in [1.165, 1.54) is 16.7 Å². The van der Waals surface area contributed by atoms with Gasteiger partial charge in [0.15, 0.2) is 0 Å². The van der Waals surface area contributed by atoms with Gasteiger partial charge >= 0.3 is 0 Å². The van der Waals surface area contributed by atoms with Gasteiger partial charge < -0.3 is 10.1 Å². The maximum absolute atomic E-state index is 13.3. The highest BCUT2D eigenvalue weighted by atomic mass is 16.5. The molecule has 0 spiro atoms. The summed E-state index contributed by atoms with van der Waals surface area (Å²) in [6.07, 6.45) is 8.56. The van der Waals surface area contributed by atoms with Gasteiger partial charge in [0.25, 0.3) is 0 Å². The van der Waals surface area contributed by atoms with Gasteiger partial charge in [-0.25, -0.2) is 0 Å². The SMILES string of the molecule is CC(C)NC(=O)C1(Cc2ccc(-c3ccncc3)cc2)CCN(CC2=CCCOC2)C1. The van der Waals surface area contributed by atoms with Crippen molar-refractivity contribution in [3.8, 4) is 11.1 Å². The second-order valence-corrected chi connectivity index (χ2v) is 9.18. The number of amides is 1. The molecule has 2 aromatic rings. The van der Waals surface area contributed by atoms with Crippen LogP contribution in [-0.4, -0.2) is 54.7 Å². The molecule has 5 heteroatoms. The van der Waals surface area contributed by atoms with Crippen LogP contribution in [0.2, 0.25) is 0 Å². The largest absolute Gasteiger partial charge is 0.377 e. The van der Waals surface area contributed by atoms with Crippen LogP contribution in [0.3, 0.4) is 0 Å². The average molecular weight is 420 g/mol. The highest BCUT2D eigenvalue weighted by Crippen LogP contribution is 2.36. The Morgan fingerprint density at radius 1 is 1.16 bits per heavy atom. The molecule has 31 heavy (non-hydrogen) atoms. The second kappa shape index (κ2) is 9.75. The van der Waals surface area contributed by atoms with Crippen molar-refractivity contribution in [2.24, 2.45) is 5.41 Å². The van der Waals surface area contributed by atoms with E-state index in [1.54, 1.807) is 0 Å². The zero-order valence-electron chi connectivity index (χ0n) is 18.6. The molecule has 1 saturated heterocycles. The summed E-state index contributed by atoms with van der Waals surface area (Å²) in [6.45, 7) is 8.24. The first-order chi connectivity index (χ1) is 15.0. The predicted octanol–water partition coefficient (Wildman–Crippen LogP) is 3.85. The number of nitrogens with zero attached hydrogens (tertiary/aromatic N) is 2. The topological polar surface area (TPSA) is 54.5 Å². The first kappa shape index (κ1) is 21.7. The van der Waals surface area contributed by atoms with Gasteiger partial charge in [-0.2, -0.15) is 0 Å². The minimum absolute atomic E-state index is 0.141. The smallest absolute Gasteiger partial charge is 0.228 e. The number of rotatable bonds is 7. The van der Waals surface area contributed by atoms with Crippen LogP contribution in [0.4, 0.5) is 0 Å². The highest BCUT2D eigenvalue weighted by Gasteiger charge is 2.44. The summed E-state index contributed by atoms with van der Waals surface area (Å²) in [6, 6.07) is 12.8. The summed E-state index contributed by atoms with van der Waals surface area (Å²) < 4.78 is 5.61. The van der Waals surface area contributed by atoms with Crippen molar-refractivity contribution in [1.29, 1.82) is 0 Å². The molecule has 2 aliphatic rings. The van der Waals surface area contributed by atoms with Gasteiger partial charge in [0.1, 0.15) is 0 Å². The molecule has 1 unspecified atom stereocenters. The zero-order chi connectivity index (χ0) is 21.7. The van der Waals surface area contributed by atoms with Gasteiger partial charge in [-0.1, -0.05) is 30.3 Å². The zero-order valence-corrected chi connectivity index (χ0v) is 18.6. The van der Waals surface area contributed by atoms with Crippen molar-refractivity contribution >= 4 is 5.91 Å². The number of hydrogen-bond acceptors (Lipinski definition) is 4. The van der Waals surface area contributed by atoms with Crippen molar-refractivity contribution in [1.82, 2.24) is 15.2 Å². The predicted molar refractivity (Wildman–Crippen MR) is 124 cm³/mol. The molecular weight excluding hydrogens is 386 g/mol. The van der Waals surface area contributed by atoms with E-state index < -0.39 is 5.41 Å². The fourth-order valence-electron chi connectivity index (χ4n) is 4.67. The van der Waals surface area contributed by atoms with Crippen molar-refractivity contribution in [3.05, 3.63) is 66.0 Å².